The van der Waals surface area contributed by atoms with Gasteiger partial charge in [0.25, 0.3) is 0 Å². The maximum absolute atomic E-state index is 5.74. The van der Waals surface area contributed by atoms with Crippen molar-refractivity contribution in [1.29, 1.82) is 0 Å². The van der Waals surface area contributed by atoms with E-state index < -0.39 is 0 Å². The molecule has 5 nitrogen and oxygen atoms in total. The van der Waals surface area contributed by atoms with Crippen molar-refractivity contribution in [3.8, 4) is 5.75 Å². The van der Waals surface area contributed by atoms with Crippen molar-refractivity contribution < 1.29 is 14.2 Å². The van der Waals surface area contributed by atoms with Gasteiger partial charge < -0.3 is 19.9 Å². The number of hydrogen-bond donors (Lipinski definition) is 1. The molecule has 0 bridgehead atoms. The molecule has 1 aromatic heterocycles. The second kappa shape index (κ2) is 7.67. The number of fused-ring (bicyclic) bond motifs is 1. The van der Waals surface area contributed by atoms with Gasteiger partial charge in [0.05, 0.1) is 12.1 Å². The Hall–Kier alpha value is -1.85. The quantitative estimate of drug-likeness (QED) is 0.591. The van der Waals surface area contributed by atoms with Crippen molar-refractivity contribution in [2.24, 2.45) is 0 Å². The van der Waals surface area contributed by atoms with E-state index in [-0.39, 0.29) is 0 Å². The fourth-order valence-corrected chi connectivity index (χ4v) is 1.88. The molecule has 20 heavy (non-hydrogen) atoms. The zero-order chi connectivity index (χ0) is 14.2. The molecule has 0 aliphatic carbocycles. The van der Waals surface area contributed by atoms with E-state index in [4.69, 9.17) is 19.9 Å². The van der Waals surface area contributed by atoms with E-state index in [1.165, 1.54) is 0 Å². The number of aromatic nitrogens is 1. The molecule has 0 fully saturated rings. The summed E-state index contributed by atoms with van der Waals surface area (Å²) in [6, 6.07) is 7.46. The normalized spacial score (nSPS) is 10.8. The van der Waals surface area contributed by atoms with Crippen LogP contribution in [0.5, 0.6) is 5.75 Å². The Labute approximate surface area is 118 Å². The number of pyridine rings is 1. The van der Waals surface area contributed by atoms with E-state index in [0.717, 1.165) is 29.7 Å². The fourth-order valence-electron chi connectivity index (χ4n) is 1.88. The average molecular weight is 276 g/mol. The van der Waals surface area contributed by atoms with Crippen LogP contribution in [-0.4, -0.2) is 38.5 Å². The predicted octanol–water partition coefficient (Wildman–Crippen LogP) is 2.25. The van der Waals surface area contributed by atoms with E-state index in [1.54, 1.807) is 13.3 Å². The molecule has 0 unspecified atom stereocenters. The summed E-state index contributed by atoms with van der Waals surface area (Å²) in [6.07, 6.45) is 2.62. The number of methoxy groups -OCH3 is 1. The first-order valence-corrected chi connectivity index (χ1v) is 6.65. The summed E-state index contributed by atoms with van der Waals surface area (Å²) in [6.45, 7) is 2.47. The Morgan fingerprint density at radius 2 is 2.00 bits per heavy atom. The molecule has 0 spiro atoms. The van der Waals surface area contributed by atoms with Crippen LogP contribution in [0.3, 0.4) is 0 Å². The molecule has 1 aromatic carbocycles. The van der Waals surface area contributed by atoms with Crippen LogP contribution in [0.4, 0.5) is 5.69 Å². The third-order valence-corrected chi connectivity index (χ3v) is 2.85. The lowest BCUT2D eigenvalue weighted by atomic mass is 10.2. The van der Waals surface area contributed by atoms with Crippen molar-refractivity contribution in [3.05, 3.63) is 30.5 Å². The minimum Gasteiger partial charge on any atom is -0.490 e. The van der Waals surface area contributed by atoms with Gasteiger partial charge in [-0.05, 0) is 30.7 Å². The van der Waals surface area contributed by atoms with Crippen molar-refractivity contribution in [2.45, 2.75) is 6.42 Å². The van der Waals surface area contributed by atoms with Gasteiger partial charge >= 0.3 is 0 Å². The van der Waals surface area contributed by atoms with Gasteiger partial charge in [0.15, 0.2) is 0 Å². The van der Waals surface area contributed by atoms with E-state index in [0.29, 0.717) is 25.5 Å². The molecule has 0 amide bonds. The number of nitrogens with zero attached hydrogens (tertiary/aromatic N) is 1. The van der Waals surface area contributed by atoms with Crippen molar-refractivity contribution in [3.63, 3.8) is 0 Å². The SMILES string of the molecule is COCCCOCCOc1ccnc2cc(N)ccc12. The van der Waals surface area contributed by atoms with Crippen LogP contribution in [0, 0.1) is 0 Å². The highest BCUT2D eigenvalue weighted by molar-refractivity contribution is 5.87. The summed E-state index contributed by atoms with van der Waals surface area (Å²) in [7, 11) is 1.68. The molecule has 0 aliphatic rings. The third kappa shape index (κ3) is 4.08. The summed E-state index contributed by atoms with van der Waals surface area (Å²) in [4.78, 5) is 4.28. The second-order valence-electron chi connectivity index (χ2n) is 4.39. The molecule has 0 saturated carbocycles. The number of anilines is 1. The number of nitrogen functional groups attached to an aromatic ring is 1. The monoisotopic (exact) mass is 276 g/mol. The highest BCUT2D eigenvalue weighted by atomic mass is 16.5. The van der Waals surface area contributed by atoms with Gasteiger partial charge in [0, 0.05) is 37.6 Å². The summed E-state index contributed by atoms with van der Waals surface area (Å²) >= 11 is 0. The van der Waals surface area contributed by atoms with Crippen molar-refractivity contribution in [1.82, 2.24) is 4.98 Å². The molecule has 2 N–H and O–H groups in total. The average Bonchev–Trinajstić information content (AvgIpc) is 2.46. The highest BCUT2D eigenvalue weighted by Gasteiger charge is 2.03. The van der Waals surface area contributed by atoms with Crippen LogP contribution < -0.4 is 10.5 Å². The maximum Gasteiger partial charge on any atom is 0.130 e. The maximum atomic E-state index is 5.74. The molecule has 5 heteroatoms. The topological polar surface area (TPSA) is 66.6 Å². The van der Waals surface area contributed by atoms with E-state index in [1.807, 2.05) is 24.3 Å². The molecular weight excluding hydrogens is 256 g/mol. The summed E-state index contributed by atoms with van der Waals surface area (Å²) in [5, 5.41) is 0.959. The molecule has 0 radical (unpaired) electrons. The molecule has 2 aromatic rings. The molecule has 2 rings (SSSR count). The van der Waals surface area contributed by atoms with Gasteiger partial charge in [-0.25, -0.2) is 0 Å². The first-order valence-electron chi connectivity index (χ1n) is 6.65. The Bertz CT molecular complexity index is 546. The Morgan fingerprint density at radius 3 is 2.85 bits per heavy atom. The number of nitrogens with two attached hydrogens (primary N) is 1. The first-order chi connectivity index (χ1) is 9.81. The smallest absolute Gasteiger partial charge is 0.130 e. The Balaban J connectivity index is 1.84. The number of rotatable bonds is 8. The summed E-state index contributed by atoms with van der Waals surface area (Å²) in [5.74, 6) is 0.801. The van der Waals surface area contributed by atoms with Crippen LogP contribution in [-0.2, 0) is 9.47 Å². The Kier molecular flexibility index (Phi) is 5.58. The zero-order valence-corrected chi connectivity index (χ0v) is 11.7. The molecule has 1 heterocycles. The second-order valence-corrected chi connectivity index (χ2v) is 4.39. The van der Waals surface area contributed by atoms with Crippen LogP contribution in [0.1, 0.15) is 6.42 Å². The van der Waals surface area contributed by atoms with Crippen molar-refractivity contribution >= 4 is 16.6 Å². The summed E-state index contributed by atoms with van der Waals surface area (Å²) < 4.78 is 16.1. The number of benzene rings is 1. The molecule has 108 valence electrons. The van der Waals surface area contributed by atoms with Crippen LogP contribution in [0.25, 0.3) is 10.9 Å². The largest absolute Gasteiger partial charge is 0.490 e. The number of ether oxygens (including phenoxy) is 3. The fraction of sp³-hybridized carbons (Fsp3) is 0.400. The highest BCUT2D eigenvalue weighted by Crippen LogP contribution is 2.25. The van der Waals surface area contributed by atoms with Gasteiger partial charge in [-0.15, -0.1) is 0 Å². The zero-order valence-electron chi connectivity index (χ0n) is 11.7. The lowest BCUT2D eigenvalue weighted by Crippen LogP contribution is -2.08. The number of hydrogen-bond acceptors (Lipinski definition) is 5. The Morgan fingerprint density at radius 1 is 1.10 bits per heavy atom. The van der Waals surface area contributed by atoms with E-state index >= 15 is 0 Å². The van der Waals surface area contributed by atoms with Crippen molar-refractivity contribution in [2.75, 3.05) is 39.3 Å². The molecule has 0 aliphatic heterocycles. The lowest BCUT2D eigenvalue weighted by Gasteiger charge is -2.09. The van der Waals surface area contributed by atoms with Gasteiger partial charge in [0.2, 0.25) is 0 Å². The van der Waals surface area contributed by atoms with E-state index in [2.05, 4.69) is 4.98 Å². The molecule has 0 atom stereocenters. The first kappa shape index (κ1) is 14.6. The van der Waals surface area contributed by atoms with Gasteiger partial charge in [-0.1, -0.05) is 0 Å². The summed E-state index contributed by atoms with van der Waals surface area (Å²) in [5.41, 5.74) is 7.28. The molecule has 0 saturated heterocycles. The van der Waals surface area contributed by atoms with Crippen LogP contribution in [0.2, 0.25) is 0 Å². The predicted molar refractivity (Wildman–Crippen MR) is 79.0 cm³/mol. The third-order valence-electron chi connectivity index (χ3n) is 2.85. The van der Waals surface area contributed by atoms with Gasteiger partial charge in [0.1, 0.15) is 12.4 Å². The molecular formula is C15H20N2O3. The standard InChI is InChI=1S/C15H20N2O3/c1-18-7-2-8-19-9-10-20-15-5-6-17-14-11-12(16)3-4-13(14)15/h3-6,11H,2,7-10,16H2,1H3. The van der Waals surface area contributed by atoms with Gasteiger partial charge in [-0.2, -0.15) is 0 Å². The lowest BCUT2D eigenvalue weighted by molar-refractivity contribution is 0.0810. The van der Waals surface area contributed by atoms with Crippen LogP contribution in [0.15, 0.2) is 30.5 Å². The van der Waals surface area contributed by atoms with Gasteiger partial charge in [-0.3, -0.25) is 4.98 Å². The van der Waals surface area contributed by atoms with Crippen LogP contribution >= 0.6 is 0 Å². The minimum absolute atomic E-state index is 0.510. The van der Waals surface area contributed by atoms with E-state index in [9.17, 15) is 0 Å². The minimum atomic E-state index is 0.510.